The third-order valence-electron chi connectivity index (χ3n) is 11.5. The molecule has 0 saturated heterocycles. The average molecular weight is 866 g/mol. The molecule has 0 heterocycles. The number of allylic oxidation sites excluding steroid dienone is 11. The van der Waals surface area contributed by atoms with Crippen LogP contribution in [0.15, 0.2) is 72.9 Å². The van der Waals surface area contributed by atoms with Gasteiger partial charge in [-0.3, -0.25) is 9.59 Å². The number of esters is 1. The number of aliphatic hydroxyl groups is 2. The Morgan fingerprint density at radius 3 is 1.32 bits per heavy atom. The summed E-state index contributed by atoms with van der Waals surface area (Å²) in [6.07, 6.45) is 62.7. The minimum atomic E-state index is -0.812. The maximum absolute atomic E-state index is 13.2. The Balaban J connectivity index is 4.66. The van der Waals surface area contributed by atoms with E-state index < -0.39 is 18.2 Å². The maximum Gasteiger partial charge on any atom is 0.306 e. The molecule has 0 rings (SSSR count). The number of unbranched alkanes of at least 4 members (excludes halogenated alkanes) is 23. The number of carbonyl (C=O) groups is 2. The maximum atomic E-state index is 13.2. The van der Waals surface area contributed by atoms with E-state index in [2.05, 4.69) is 92.9 Å². The highest BCUT2D eigenvalue weighted by atomic mass is 16.5. The molecule has 0 fully saturated rings. The Bertz CT molecular complexity index is 1150. The Labute approximate surface area is 383 Å². The van der Waals surface area contributed by atoms with E-state index in [0.717, 1.165) is 64.2 Å². The first-order valence-electron chi connectivity index (χ1n) is 26.2. The molecule has 0 aromatic rings. The van der Waals surface area contributed by atoms with E-state index in [1.165, 1.54) is 135 Å². The van der Waals surface area contributed by atoms with Gasteiger partial charge in [0.05, 0.1) is 25.2 Å². The molecule has 0 aliphatic carbocycles. The van der Waals surface area contributed by atoms with Gasteiger partial charge in [0.2, 0.25) is 5.91 Å². The summed E-state index contributed by atoms with van der Waals surface area (Å²) in [6.45, 7) is 6.38. The predicted octanol–water partition coefficient (Wildman–Crippen LogP) is 15.8. The van der Waals surface area contributed by atoms with Crippen molar-refractivity contribution in [2.45, 2.75) is 264 Å². The van der Waals surface area contributed by atoms with Crippen molar-refractivity contribution in [3.05, 3.63) is 72.9 Å². The first-order valence-corrected chi connectivity index (χ1v) is 26.2. The van der Waals surface area contributed by atoms with Gasteiger partial charge in [-0.15, -0.1) is 0 Å². The molecule has 358 valence electrons. The molecule has 3 atom stereocenters. The Kier molecular flexibility index (Phi) is 47.2. The first kappa shape index (κ1) is 59.3. The summed E-state index contributed by atoms with van der Waals surface area (Å²) in [6, 6.07) is -0.732. The van der Waals surface area contributed by atoms with Crippen LogP contribution in [0.4, 0.5) is 0 Å². The molecule has 6 heteroatoms. The lowest BCUT2D eigenvalue weighted by Crippen LogP contribution is -2.46. The lowest BCUT2D eigenvalue weighted by atomic mass is 10.0. The van der Waals surface area contributed by atoms with Gasteiger partial charge >= 0.3 is 5.97 Å². The van der Waals surface area contributed by atoms with Gasteiger partial charge in [0.15, 0.2) is 0 Å². The smallest absolute Gasteiger partial charge is 0.306 e. The van der Waals surface area contributed by atoms with Crippen LogP contribution in [0, 0.1) is 0 Å². The number of hydrogen-bond acceptors (Lipinski definition) is 5. The summed E-state index contributed by atoms with van der Waals surface area (Å²) in [5, 5.41) is 23.6. The summed E-state index contributed by atoms with van der Waals surface area (Å²) in [5.74, 6) is -0.582. The Morgan fingerprint density at radius 2 is 0.855 bits per heavy atom. The second kappa shape index (κ2) is 49.3. The first-order chi connectivity index (χ1) is 30.5. The second-order valence-corrected chi connectivity index (χ2v) is 17.6. The van der Waals surface area contributed by atoms with Gasteiger partial charge < -0.3 is 20.3 Å². The molecule has 0 aliphatic heterocycles. The van der Waals surface area contributed by atoms with E-state index in [1.54, 1.807) is 0 Å². The van der Waals surface area contributed by atoms with Crippen LogP contribution in [-0.2, 0) is 14.3 Å². The second-order valence-electron chi connectivity index (χ2n) is 17.6. The summed E-state index contributed by atoms with van der Waals surface area (Å²) >= 11 is 0. The van der Waals surface area contributed by atoms with Crippen molar-refractivity contribution in [3.63, 3.8) is 0 Å². The molecule has 3 N–H and O–H groups in total. The van der Waals surface area contributed by atoms with Crippen molar-refractivity contribution in [3.8, 4) is 0 Å². The minimum absolute atomic E-state index is 0.00214. The number of nitrogens with one attached hydrogen (secondary N) is 1. The highest BCUT2D eigenvalue weighted by Crippen LogP contribution is 2.16. The largest absolute Gasteiger partial charge is 0.461 e. The van der Waals surface area contributed by atoms with Gasteiger partial charge in [0.1, 0.15) is 6.10 Å². The summed E-state index contributed by atoms with van der Waals surface area (Å²) in [7, 11) is 0. The van der Waals surface area contributed by atoms with Gasteiger partial charge in [0, 0.05) is 12.8 Å². The minimum Gasteiger partial charge on any atom is -0.461 e. The molecule has 0 radical (unpaired) electrons. The molecule has 0 aromatic carbocycles. The number of ether oxygens (including phenoxy) is 1. The topological polar surface area (TPSA) is 95.9 Å². The van der Waals surface area contributed by atoms with Crippen LogP contribution in [0.3, 0.4) is 0 Å². The molecule has 0 aliphatic rings. The number of amides is 1. The van der Waals surface area contributed by atoms with Crippen molar-refractivity contribution in [2.24, 2.45) is 0 Å². The highest BCUT2D eigenvalue weighted by Gasteiger charge is 2.23. The summed E-state index contributed by atoms with van der Waals surface area (Å²) in [5.41, 5.74) is 0. The molecule has 0 saturated carbocycles. The quantitative estimate of drug-likeness (QED) is 0.0322. The lowest BCUT2D eigenvalue weighted by molar-refractivity contribution is -0.150. The molecule has 0 spiro atoms. The van der Waals surface area contributed by atoms with Crippen molar-refractivity contribution < 1.29 is 24.5 Å². The van der Waals surface area contributed by atoms with Crippen molar-refractivity contribution in [2.75, 3.05) is 6.61 Å². The van der Waals surface area contributed by atoms with Crippen molar-refractivity contribution in [1.82, 2.24) is 5.32 Å². The van der Waals surface area contributed by atoms with E-state index in [9.17, 15) is 19.8 Å². The van der Waals surface area contributed by atoms with Crippen LogP contribution in [0.2, 0.25) is 0 Å². The van der Waals surface area contributed by atoms with Gasteiger partial charge in [-0.05, 0) is 77.0 Å². The van der Waals surface area contributed by atoms with E-state index in [1.807, 2.05) is 6.08 Å². The monoisotopic (exact) mass is 866 g/mol. The molecular formula is C56H99NO5. The van der Waals surface area contributed by atoms with E-state index in [0.29, 0.717) is 19.3 Å². The zero-order valence-electron chi connectivity index (χ0n) is 40.7. The van der Waals surface area contributed by atoms with Gasteiger partial charge in [-0.1, -0.05) is 222 Å². The molecule has 6 nitrogen and oxygen atoms in total. The normalized spacial score (nSPS) is 13.8. The fraction of sp³-hybridized carbons (Fsp3) is 0.750. The van der Waals surface area contributed by atoms with Crippen LogP contribution in [0.1, 0.15) is 245 Å². The van der Waals surface area contributed by atoms with Gasteiger partial charge in [-0.25, -0.2) is 0 Å². The molecule has 62 heavy (non-hydrogen) atoms. The fourth-order valence-corrected chi connectivity index (χ4v) is 7.50. The van der Waals surface area contributed by atoms with E-state index in [-0.39, 0.29) is 24.9 Å². The zero-order valence-corrected chi connectivity index (χ0v) is 40.7. The SMILES string of the molecule is CCCCC/C=C\C/C=C\C/C=C\C/C=C\CC(CC(=O)NC(CO)C(O)CCCCCCCCCCC)OC(=O)CCCCCCCCCCC/C=C\C/C=C\CCCCC. The third kappa shape index (κ3) is 43.9. The summed E-state index contributed by atoms with van der Waals surface area (Å²) < 4.78 is 5.87. The molecule has 3 unspecified atom stereocenters. The van der Waals surface area contributed by atoms with Crippen molar-refractivity contribution >= 4 is 11.9 Å². The molecule has 1 amide bonds. The van der Waals surface area contributed by atoms with Gasteiger partial charge in [-0.2, -0.15) is 0 Å². The number of carbonyl (C=O) groups excluding carboxylic acids is 2. The summed E-state index contributed by atoms with van der Waals surface area (Å²) in [4.78, 5) is 26.1. The molecule has 0 bridgehead atoms. The molecular weight excluding hydrogens is 767 g/mol. The Morgan fingerprint density at radius 1 is 0.484 bits per heavy atom. The highest BCUT2D eigenvalue weighted by molar-refractivity contribution is 5.77. The van der Waals surface area contributed by atoms with Gasteiger partial charge in [0.25, 0.3) is 0 Å². The Hall–Kier alpha value is -2.70. The number of hydrogen-bond donors (Lipinski definition) is 3. The van der Waals surface area contributed by atoms with E-state index >= 15 is 0 Å². The van der Waals surface area contributed by atoms with Crippen LogP contribution in [0.25, 0.3) is 0 Å². The number of aliphatic hydroxyl groups excluding tert-OH is 2. The zero-order chi connectivity index (χ0) is 45.2. The van der Waals surface area contributed by atoms with Crippen LogP contribution in [-0.4, -0.2) is 46.9 Å². The number of rotatable bonds is 46. The molecule has 0 aromatic heterocycles. The standard InChI is InChI=1S/C56H99NO5/c1-4-7-10-13-16-19-21-23-25-26-27-28-30-32-34-37-40-43-46-49-56(61)62-52(47-44-41-38-36-33-31-29-24-22-20-17-14-11-8-5-2)50-55(60)57-53(51-58)54(59)48-45-42-39-35-18-15-12-9-6-3/h16-17,19-20,23-25,29,33,36,41,44,52-54,58-59H,4-15,18,21-22,26-28,30-32,34-35,37-40,42-43,45-51H2,1-3H3,(H,57,60)/b19-16-,20-17-,25-23-,29-24-,36-33-,44-41-. The lowest BCUT2D eigenvalue weighted by Gasteiger charge is -2.24. The van der Waals surface area contributed by atoms with Crippen molar-refractivity contribution in [1.29, 1.82) is 0 Å². The van der Waals surface area contributed by atoms with Crippen LogP contribution >= 0.6 is 0 Å². The third-order valence-corrected chi connectivity index (χ3v) is 11.5. The van der Waals surface area contributed by atoms with Crippen LogP contribution < -0.4 is 5.32 Å². The van der Waals surface area contributed by atoms with Crippen LogP contribution in [0.5, 0.6) is 0 Å². The fourth-order valence-electron chi connectivity index (χ4n) is 7.50. The van der Waals surface area contributed by atoms with E-state index in [4.69, 9.17) is 4.74 Å². The predicted molar refractivity (Wildman–Crippen MR) is 268 cm³/mol. The average Bonchev–Trinajstić information content (AvgIpc) is 3.26.